The molecule has 2 N–H and O–H groups in total. The van der Waals surface area contributed by atoms with Gasteiger partial charge in [-0.3, -0.25) is 0 Å². The second-order valence-electron chi connectivity index (χ2n) is 5.32. The average Bonchev–Trinajstić information content (AvgIpc) is 2.52. The molecular weight excluding hydrogens is 294 g/mol. The Morgan fingerprint density at radius 3 is 2.22 bits per heavy atom. The zero-order valence-corrected chi connectivity index (χ0v) is 13.0. The number of rotatable bonds is 5. The molecule has 0 radical (unpaired) electrons. The van der Waals surface area contributed by atoms with Crippen molar-refractivity contribution in [3.63, 3.8) is 0 Å². The summed E-state index contributed by atoms with van der Waals surface area (Å²) < 4.78 is 4.98. The van der Waals surface area contributed by atoms with Crippen LogP contribution in [0.25, 0.3) is 11.1 Å². The zero-order valence-electron chi connectivity index (χ0n) is 13.0. The average molecular weight is 313 g/mol. The standard InChI is InChI=1S/C18H19NO4/c1-12(2)23-18(22)19-16(17(20)21)15-11-7-6-10-14(15)13-8-4-3-5-9-13/h3-12,16H,1-2H3,(H,19,22)(H,20,21). The van der Waals surface area contributed by atoms with Crippen LogP contribution < -0.4 is 5.32 Å². The lowest BCUT2D eigenvalue weighted by molar-refractivity contribution is -0.139. The molecule has 0 aromatic heterocycles. The monoisotopic (exact) mass is 313 g/mol. The van der Waals surface area contributed by atoms with E-state index in [1.807, 2.05) is 42.5 Å². The van der Waals surface area contributed by atoms with Gasteiger partial charge in [-0.1, -0.05) is 54.6 Å². The molecule has 0 bridgehead atoms. The first kappa shape index (κ1) is 16.5. The molecular formula is C18H19NO4. The van der Waals surface area contributed by atoms with Crippen LogP contribution >= 0.6 is 0 Å². The number of carboxylic acid groups (broad SMARTS) is 1. The molecule has 0 saturated heterocycles. The summed E-state index contributed by atoms with van der Waals surface area (Å²) in [5, 5.41) is 11.9. The smallest absolute Gasteiger partial charge is 0.408 e. The topological polar surface area (TPSA) is 75.6 Å². The highest BCUT2D eigenvalue weighted by molar-refractivity contribution is 5.84. The third-order valence-corrected chi connectivity index (χ3v) is 3.21. The Balaban J connectivity index is 2.37. The molecule has 5 heteroatoms. The van der Waals surface area contributed by atoms with E-state index in [-0.39, 0.29) is 6.10 Å². The van der Waals surface area contributed by atoms with Crippen LogP contribution in [0.3, 0.4) is 0 Å². The normalized spacial score (nSPS) is 11.8. The van der Waals surface area contributed by atoms with Gasteiger partial charge in [-0.15, -0.1) is 0 Å². The zero-order chi connectivity index (χ0) is 16.8. The van der Waals surface area contributed by atoms with Crippen molar-refractivity contribution in [1.82, 2.24) is 5.32 Å². The third kappa shape index (κ3) is 4.32. The van der Waals surface area contributed by atoms with E-state index < -0.39 is 18.1 Å². The maximum atomic E-state index is 11.8. The number of carboxylic acids is 1. The van der Waals surface area contributed by atoms with E-state index in [1.54, 1.807) is 26.0 Å². The molecule has 23 heavy (non-hydrogen) atoms. The fourth-order valence-corrected chi connectivity index (χ4v) is 2.27. The van der Waals surface area contributed by atoms with Crippen molar-refractivity contribution in [2.24, 2.45) is 0 Å². The molecule has 1 atom stereocenters. The Bertz CT molecular complexity index is 682. The van der Waals surface area contributed by atoms with Crippen LogP contribution in [0.4, 0.5) is 4.79 Å². The van der Waals surface area contributed by atoms with Crippen molar-refractivity contribution in [3.05, 3.63) is 60.2 Å². The predicted octanol–water partition coefficient (Wildman–Crippen LogP) is 3.61. The molecule has 0 spiro atoms. The third-order valence-electron chi connectivity index (χ3n) is 3.21. The van der Waals surface area contributed by atoms with Gasteiger partial charge < -0.3 is 15.2 Å². The molecule has 2 aromatic rings. The number of amides is 1. The molecule has 0 saturated carbocycles. The van der Waals surface area contributed by atoms with E-state index in [0.717, 1.165) is 11.1 Å². The number of hydrogen-bond acceptors (Lipinski definition) is 3. The lowest BCUT2D eigenvalue weighted by Gasteiger charge is -2.19. The first-order valence-corrected chi connectivity index (χ1v) is 7.33. The van der Waals surface area contributed by atoms with Crippen LogP contribution in [-0.4, -0.2) is 23.3 Å². The van der Waals surface area contributed by atoms with Gasteiger partial charge in [0.2, 0.25) is 0 Å². The highest BCUT2D eigenvalue weighted by Gasteiger charge is 2.25. The predicted molar refractivity (Wildman–Crippen MR) is 87.0 cm³/mol. The molecule has 0 aliphatic rings. The van der Waals surface area contributed by atoms with E-state index in [2.05, 4.69) is 5.32 Å². The summed E-state index contributed by atoms with van der Waals surface area (Å²) in [4.78, 5) is 23.4. The second kappa shape index (κ2) is 7.45. The van der Waals surface area contributed by atoms with Crippen LogP contribution in [0.15, 0.2) is 54.6 Å². The molecule has 5 nitrogen and oxygen atoms in total. The molecule has 0 aliphatic carbocycles. The minimum atomic E-state index is -1.18. The summed E-state index contributed by atoms with van der Waals surface area (Å²) in [5.74, 6) is -1.14. The molecule has 1 amide bonds. The first-order chi connectivity index (χ1) is 11.0. The molecule has 2 rings (SSSR count). The van der Waals surface area contributed by atoms with Crippen LogP contribution in [0, 0.1) is 0 Å². The quantitative estimate of drug-likeness (QED) is 0.884. The van der Waals surface area contributed by atoms with Crippen LogP contribution in [0.5, 0.6) is 0 Å². The fraction of sp³-hybridized carbons (Fsp3) is 0.222. The van der Waals surface area contributed by atoms with Gasteiger partial charge in [0.05, 0.1) is 6.10 Å². The van der Waals surface area contributed by atoms with Crippen molar-refractivity contribution in [1.29, 1.82) is 0 Å². The van der Waals surface area contributed by atoms with Gasteiger partial charge in [-0.05, 0) is 30.5 Å². The van der Waals surface area contributed by atoms with E-state index in [0.29, 0.717) is 5.56 Å². The molecule has 0 fully saturated rings. The number of carbonyl (C=O) groups excluding carboxylic acids is 1. The lowest BCUT2D eigenvalue weighted by Crippen LogP contribution is -2.35. The lowest BCUT2D eigenvalue weighted by atomic mass is 9.95. The van der Waals surface area contributed by atoms with E-state index in [9.17, 15) is 14.7 Å². The van der Waals surface area contributed by atoms with Crippen molar-refractivity contribution in [3.8, 4) is 11.1 Å². The number of benzene rings is 2. The summed E-state index contributed by atoms with van der Waals surface area (Å²) in [6.45, 7) is 3.40. The Labute approximate surface area is 134 Å². The van der Waals surface area contributed by atoms with Crippen molar-refractivity contribution in [2.45, 2.75) is 26.0 Å². The van der Waals surface area contributed by atoms with Crippen molar-refractivity contribution in [2.75, 3.05) is 0 Å². The number of carbonyl (C=O) groups is 2. The minimum Gasteiger partial charge on any atom is -0.479 e. The van der Waals surface area contributed by atoms with E-state index >= 15 is 0 Å². The highest BCUT2D eigenvalue weighted by Crippen LogP contribution is 2.28. The minimum absolute atomic E-state index is 0.325. The summed E-state index contributed by atoms with van der Waals surface area (Å²) in [5.41, 5.74) is 2.14. The summed E-state index contributed by atoms with van der Waals surface area (Å²) in [7, 11) is 0. The number of aliphatic carboxylic acids is 1. The summed E-state index contributed by atoms with van der Waals surface area (Å²) >= 11 is 0. The van der Waals surface area contributed by atoms with Gasteiger partial charge in [-0.2, -0.15) is 0 Å². The molecule has 1 unspecified atom stereocenters. The van der Waals surface area contributed by atoms with Crippen molar-refractivity contribution < 1.29 is 19.4 Å². The van der Waals surface area contributed by atoms with E-state index in [1.165, 1.54) is 0 Å². The SMILES string of the molecule is CC(C)OC(=O)NC(C(=O)O)c1ccccc1-c1ccccc1. The summed E-state index contributed by atoms with van der Waals surface area (Å²) in [6.07, 6.45) is -1.08. The first-order valence-electron chi connectivity index (χ1n) is 7.33. The molecule has 120 valence electrons. The van der Waals surface area contributed by atoms with Crippen LogP contribution in [-0.2, 0) is 9.53 Å². The van der Waals surface area contributed by atoms with Crippen LogP contribution in [0.2, 0.25) is 0 Å². The van der Waals surface area contributed by atoms with Gasteiger partial charge in [0, 0.05) is 0 Å². The Kier molecular flexibility index (Phi) is 5.36. The number of hydrogen-bond donors (Lipinski definition) is 2. The van der Waals surface area contributed by atoms with Gasteiger partial charge in [0.25, 0.3) is 0 Å². The Morgan fingerprint density at radius 1 is 1.00 bits per heavy atom. The van der Waals surface area contributed by atoms with Gasteiger partial charge in [0.1, 0.15) is 0 Å². The number of ether oxygens (including phenoxy) is 1. The van der Waals surface area contributed by atoms with Crippen LogP contribution in [0.1, 0.15) is 25.5 Å². The van der Waals surface area contributed by atoms with Gasteiger partial charge in [0.15, 0.2) is 6.04 Å². The Morgan fingerprint density at radius 2 is 1.61 bits per heavy atom. The summed E-state index contributed by atoms with van der Waals surface area (Å²) in [6, 6.07) is 15.3. The van der Waals surface area contributed by atoms with E-state index in [4.69, 9.17) is 4.74 Å². The molecule has 2 aromatic carbocycles. The van der Waals surface area contributed by atoms with Gasteiger partial charge >= 0.3 is 12.1 Å². The fourth-order valence-electron chi connectivity index (χ4n) is 2.27. The number of nitrogens with one attached hydrogen (secondary N) is 1. The number of alkyl carbamates (subject to hydrolysis) is 1. The largest absolute Gasteiger partial charge is 0.479 e. The Hall–Kier alpha value is -2.82. The van der Waals surface area contributed by atoms with Gasteiger partial charge in [-0.25, -0.2) is 9.59 Å². The maximum Gasteiger partial charge on any atom is 0.408 e. The van der Waals surface area contributed by atoms with Crippen molar-refractivity contribution >= 4 is 12.1 Å². The maximum absolute atomic E-state index is 11.8. The highest BCUT2D eigenvalue weighted by atomic mass is 16.6. The molecule has 0 aliphatic heterocycles. The molecule has 0 heterocycles. The second-order valence-corrected chi connectivity index (χ2v) is 5.32.